The maximum absolute atomic E-state index is 13.8. The predicted molar refractivity (Wildman–Crippen MR) is 187 cm³/mol. The van der Waals surface area contributed by atoms with Crippen LogP contribution in [0.5, 0.6) is 0 Å². The Balaban J connectivity index is 0.00000197. The fourth-order valence-electron chi connectivity index (χ4n) is 5.78. The van der Waals surface area contributed by atoms with Crippen LogP contribution in [-0.2, 0) is 6.54 Å². The van der Waals surface area contributed by atoms with Crippen molar-refractivity contribution in [3.05, 3.63) is 107 Å². The summed E-state index contributed by atoms with van der Waals surface area (Å²) in [4.78, 5) is 24.7. The van der Waals surface area contributed by atoms with E-state index in [1.165, 1.54) is 17.7 Å². The fraction of sp³-hybridized carbons (Fsp3) is 0.222. The number of hydrogen-bond acceptors (Lipinski definition) is 9. The van der Waals surface area contributed by atoms with Gasteiger partial charge in [0.1, 0.15) is 29.0 Å². The number of nitrogen functional groups attached to an aromatic ring is 1. The van der Waals surface area contributed by atoms with Crippen molar-refractivity contribution in [3.8, 4) is 34.4 Å². The molecule has 2 aromatic carbocycles. The van der Waals surface area contributed by atoms with E-state index in [1.54, 1.807) is 24.5 Å². The number of nitriles is 1. The van der Waals surface area contributed by atoms with Gasteiger partial charge in [-0.3, -0.25) is 9.47 Å². The molecule has 7 rings (SSSR count). The third-order valence-electron chi connectivity index (χ3n) is 8.09. The summed E-state index contributed by atoms with van der Waals surface area (Å²) < 4.78 is 15.7. The number of aromatic nitrogens is 6. The van der Waals surface area contributed by atoms with E-state index in [4.69, 9.17) is 32.6 Å². The first-order valence-corrected chi connectivity index (χ1v) is 16.2. The van der Waals surface area contributed by atoms with Crippen molar-refractivity contribution in [2.45, 2.75) is 39.3 Å². The van der Waals surface area contributed by atoms with Crippen LogP contribution in [0.25, 0.3) is 39.5 Å². The largest absolute Gasteiger partial charge is 0.383 e. The van der Waals surface area contributed by atoms with E-state index in [9.17, 15) is 4.39 Å². The Hall–Kier alpha value is -5.44. The zero-order valence-electron chi connectivity index (χ0n) is 26.6. The smallest absolute Gasteiger partial charge is 0.234 e. The molecule has 12 heteroatoms. The number of nitrogens with zero attached hydrogens (tertiary/aromatic N) is 8. The van der Waals surface area contributed by atoms with Crippen LogP contribution in [0.1, 0.15) is 38.1 Å². The number of imidazole rings is 1. The minimum Gasteiger partial charge on any atom is -0.383 e. The van der Waals surface area contributed by atoms with Crippen LogP contribution >= 0.6 is 11.6 Å². The van der Waals surface area contributed by atoms with Gasteiger partial charge in [-0.2, -0.15) is 5.26 Å². The average Bonchev–Trinajstić information content (AvgIpc) is 3.49. The Bertz CT molecular complexity index is 2080. The number of hydrogen-bond donors (Lipinski definition) is 2. The van der Waals surface area contributed by atoms with Crippen molar-refractivity contribution in [2.24, 2.45) is 0 Å². The highest BCUT2D eigenvalue weighted by molar-refractivity contribution is 6.33. The van der Waals surface area contributed by atoms with Gasteiger partial charge in [0.2, 0.25) is 5.82 Å². The van der Waals surface area contributed by atoms with Crippen molar-refractivity contribution in [3.63, 3.8) is 0 Å². The molecule has 0 aliphatic carbocycles. The third-order valence-corrected chi connectivity index (χ3v) is 8.40. The van der Waals surface area contributed by atoms with Crippen LogP contribution in [-0.4, -0.2) is 53.5 Å². The van der Waals surface area contributed by atoms with Crippen LogP contribution in [0.15, 0.2) is 85.2 Å². The molecule has 10 nitrogen and oxygen atoms in total. The van der Waals surface area contributed by atoms with Gasteiger partial charge < -0.3 is 11.1 Å². The van der Waals surface area contributed by atoms with Crippen LogP contribution < -0.4 is 11.1 Å². The van der Waals surface area contributed by atoms with Crippen molar-refractivity contribution in [1.29, 1.82) is 5.26 Å². The minimum atomic E-state index is -0.410. The van der Waals surface area contributed by atoms with E-state index in [2.05, 4.69) is 49.4 Å². The maximum atomic E-state index is 13.8. The quantitative estimate of drug-likeness (QED) is 0.181. The molecule has 3 N–H and O–H groups in total. The Morgan fingerprint density at radius 2 is 1.73 bits per heavy atom. The van der Waals surface area contributed by atoms with Gasteiger partial charge in [-0.1, -0.05) is 37.6 Å². The van der Waals surface area contributed by atoms with Crippen molar-refractivity contribution < 1.29 is 4.39 Å². The lowest BCUT2D eigenvalue weighted by Crippen LogP contribution is -2.38. The van der Waals surface area contributed by atoms with Gasteiger partial charge >= 0.3 is 0 Å². The molecule has 5 heterocycles. The van der Waals surface area contributed by atoms with E-state index in [0.29, 0.717) is 45.4 Å². The van der Waals surface area contributed by atoms with Crippen LogP contribution in [0.2, 0.25) is 5.02 Å². The molecule has 0 amide bonds. The fourth-order valence-corrected chi connectivity index (χ4v) is 6.05. The Morgan fingerprint density at radius 1 is 0.938 bits per heavy atom. The second-order valence-electron chi connectivity index (χ2n) is 11.1. The summed E-state index contributed by atoms with van der Waals surface area (Å²) in [6.45, 7) is 6.69. The number of likely N-dealkylation sites (tertiary alicyclic amines) is 1. The summed E-state index contributed by atoms with van der Waals surface area (Å²) >= 11 is 6.40. The summed E-state index contributed by atoms with van der Waals surface area (Å²) in [5.41, 5.74) is 11.6. The minimum absolute atomic E-state index is 0.166. The zero-order chi connectivity index (χ0) is 33.6. The number of halogens is 2. The topological polar surface area (TPSA) is 134 Å². The van der Waals surface area contributed by atoms with Crippen molar-refractivity contribution >= 4 is 34.4 Å². The highest BCUT2D eigenvalue weighted by atomic mass is 35.5. The molecule has 0 saturated carbocycles. The van der Waals surface area contributed by atoms with Gasteiger partial charge in [0.25, 0.3) is 0 Å². The third kappa shape index (κ3) is 6.95. The molecule has 0 unspecified atom stereocenters. The Morgan fingerprint density at radius 3 is 2.46 bits per heavy atom. The summed E-state index contributed by atoms with van der Waals surface area (Å²) in [7, 11) is 0. The first-order valence-electron chi connectivity index (χ1n) is 15.8. The normalized spacial score (nSPS) is 13.5. The summed E-state index contributed by atoms with van der Waals surface area (Å²) in [6.07, 6.45) is 5.18. The lowest BCUT2D eigenvalue weighted by molar-refractivity contribution is 0.211. The predicted octanol–water partition coefficient (Wildman–Crippen LogP) is 7.29. The molecule has 0 spiro atoms. The number of nitrogens with two attached hydrogens (primary N) is 1. The zero-order valence-corrected chi connectivity index (χ0v) is 27.4. The first-order chi connectivity index (χ1) is 23.4. The van der Waals surface area contributed by atoms with E-state index in [-0.39, 0.29) is 16.9 Å². The summed E-state index contributed by atoms with van der Waals surface area (Å²) in [6, 6.07) is 24.1. The van der Waals surface area contributed by atoms with E-state index >= 15 is 0 Å². The number of anilines is 2. The van der Waals surface area contributed by atoms with Gasteiger partial charge in [-0.25, -0.2) is 29.3 Å². The lowest BCUT2D eigenvalue weighted by atomic mass is 10.0. The van der Waals surface area contributed by atoms with Crippen molar-refractivity contribution in [2.75, 3.05) is 24.1 Å². The molecule has 0 bridgehead atoms. The van der Waals surface area contributed by atoms with Gasteiger partial charge in [-0.05, 0) is 79.1 Å². The van der Waals surface area contributed by atoms with Gasteiger partial charge in [0.05, 0.1) is 16.3 Å². The Kier molecular flexibility index (Phi) is 9.85. The van der Waals surface area contributed by atoms with E-state index in [1.807, 2.05) is 48.7 Å². The number of pyridine rings is 2. The highest BCUT2D eigenvalue weighted by Crippen LogP contribution is 2.33. The second kappa shape index (κ2) is 14.5. The molecule has 48 heavy (non-hydrogen) atoms. The average molecular weight is 661 g/mol. The molecule has 1 saturated heterocycles. The number of nitrogens with one attached hydrogen (secondary N) is 1. The molecule has 4 aromatic heterocycles. The second-order valence-corrected chi connectivity index (χ2v) is 11.5. The number of rotatable bonds is 7. The number of benzene rings is 2. The Labute approximate surface area is 283 Å². The maximum Gasteiger partial charge on any atom is 0.234 e. The van der Waals surface area contributed by atoms with E-state index < -0.39 is 5.82 Å². The van der Waals surface area contributed by atoms with Crippen molar-refractivity contribution in [1.82, 2.24) is 34.4 Å². The van der Waals surface area contributed by atoms with Gasteiger partial charge in [0.15, 0.2) is 11.5 Å². The van der Waals surface area contributed by atoms with Gasteiger partial charge in [-0.15, -0.1) is 0 Å². The molecule has 1 fully saturated rings. The molecule has 242 valence electrons. The number of fused-ring (bicyclic) bond motifs is 1. The van der Waals surface area contributed by atoms with Crippen LogP contribution in [0.4, 0.5) is 16.0 Å². The molecular weight excluding hydrogens is 627 g/mol. The molecular formula is C36H34ClFN10. The molecule has 1 aliphatic rings. The first kappa shape index (κ1) is 32.5. The van der Waals surface area contributed by atoms with Crippen LogP contribution in [0, 0.1) is 17.1 Å². The molecule has 6 aromatic rings. The molecule has 0 radical (unpaired) electrons. The van der Waals surface area contributed by atoms with Gasteiger partial charge in [0, 0.05) is 49.3 Å². The lowest BCUT2D eigenvalue weighted by Gasteiger charge is -2.32. The molecule has 1 aliphatic heterocycles. The summed E-state index contributed by atoms with van der Waals surface area (Å²) in [5, 5.41) is 12.8. The summed E-state index contributed by atoms with van der Waals surface area (Å²) in [5.74, 6) is 1.41. The monoisotopic (exact) mass is 660 g/mol. The standard InChI is InChI=1S/C34H28ClFN10.C2H6/c35-27-18-22(36)5-8-25(27)28-9-10-29-34(42-28)46(33(43-29)26-2-1-14-40-32(26)38)24-6-3-21(4-7-24)20-45-16-12-23(13-17-45)41-30-11-15-39-31(19-37)44-30;1-2/h1-11,14-15,18,23H,12-13,16-17,20H2,(H2,38,40)(H,39,41,44);1-2H3. The van der Waals surface area contributed by atoms with Crippen LogP contribution in [0.3, 0.4) is 0 Å². The SMILES string of the molecule is CC.N#Cc1nccc(NC2CCN(Cc3ccc(-n4c(-c5cccnc5N)nc5ccc(-c6ccc(F)cc6Cl)nc54)cc3)CC2)n1. The molecule has 0 atom stereocenters. The highest BCUT2D eigenvalue weighted by Gasteiger charge is 2.21. The van der Waals surface area contributed by atoms with E-state index in [0.717, 1.165) is 38.2 Å². The number of piperidine rings is 1.